The van der Waals surface area contributed by atoms with Gasteiger partial charge >= 0.3 is 0 Å². The largest absolute Gasteiger partial charge is 0.493 e. The van der Waals surface area contributed by atoms with Gasteiger partial charge in [0.25, 0.3) is 5.91 Å². The number of furan rings is 1. The Morgan fingerprint density at radius 1 is 1.06 bits per heavy atom. The Morgan fingerprint density at radius 3 is 2.52 bits per heavy atom. The maximum Gasteiger partial charge on any atom is 0.267 e. The summed E-state index contributed by atoms with van der Waals surface area (Å²) < 4.78 is 16.0. The summed E-state index contributed by atoms with van der Waals surface area (Å²) in [5, 5.41) is 9.60. The third-order valence-electron chi connectivity index (χ3n) is 4.71. The molecule has 1 aliphatic heterocycles. The molecule has 0 unspecified atom stereocenters. The minimum atomic E-state index is -0.175. The fourth-order valence-corrected chi connectivity index (χ4v) is 4.13. The number of ether oxygens (including phenoxy) is 2. The normalized spacial score (nSPS) is 16.3. The summed E-state index contributed by atoms with van der Waals surface area (Å²) in [5.41, 5.74) is 1.64. The molecule has 2 heterocycles. The molecule has 0 atom stereocenters. The van der Waals surface area contributed by atoms with Gasteiger partial charge in [-0.05, 0) is 71.4 Å². The van der Waals surface area contributed by atoms with Crippen LogP contribution in [0, 0.1) is 0 Å². The lowest BCUT2D eigenvalue weighted by Crippen LogP contribution is -2.28. The van der Waals surface area contributed by atoms with Gasteiger partial charge in [0.15, 0.2) is 16.7 Å². The van der Waals surface area contributed by atoms with E-state index < -0.39 is 0 Å². The van der Waals surface area contributed by atoms with Crippen molar-refractivity contribution in [2.45, 2.75) is 6.54 Å². The third-order valence-corrected chi connectivity index (χ3v) is 5.96. The van der Waals surface area contributed by atoms with Crippen molar-refractivity contribution in [3.63, 3.8) is 0 Å². The van der Waals surface area contributed by atoms with Gasteiger partial charge in [-0.3, -0.25) is 9.69 Å². The number of benzene rings is 2. The maximum absolute atomic E-state index is 13.1. The second kappa shape index (κ2) is 10.4. The van der Waals surface area contributed by atoms with Gasteiger partial charge < -0.3 is 13.9 Å². The summed E-state index contributed by atoms with van der Waals surface area (Å²) in [6, 6.07) is 16.3. The van der Waals surface area contributed by atoms with E-state index >= 15 is 0 Å². The van der Waals surface area contributed by atoms with Crippen LogP contribution in [0.2, 0.25) is 5.02 Å². The zero-order valence-electron chi connectivity index (χ0n) is 17.9. The molecule has 0 spiro atoms. The number of amides is 1. The Kier molecular flexibility index (Phi) is 7.16. The summed E-state index contributed by atoms with van der Waals surface area (Å²) in [4.78, 5) is 15.2. The highest BCUT2D eigenvalue weighted by molar-refractivity contribution is 8.18. The molecule has 0 N–H and O–H groups in total. The first-order valence-electron chi connectivity index (χ1n) is 9.90. The molecule has 33 heavy (non-hydrogen) atoms. The zero-order valence-corrected chi connectivity index (χ0v) is 19.5. The molecule has 1 aromatic heterocycles. The molecule has 0 radical (unpaired) electrons. The molecule has 7 nitrogen and oxygen atoms in total. The van der Waals surface area contributed by atoms with E-state index in [9.17, 15) is 4.79 Å². The third kappa shape index (κ3) is 5.47. The first-order valence-corrected chi connectivity index (χ1v) is 11.1. The number of nitrogens with zero attached hydrogens (tertiary/aromatic N) is 3. The highest BCUT2D eigenvalue weighted by Gasteiger charge is 2.34. The van der Waals surface area contributed by atoms with Crippen LogP contribution >= 0.6 is 23.4 Å². The first kappa shape index (κ1) is 22.7. The van der Waals surface area contributed by atoms with Gasteiger partial charge in [0, 0.05) is 5.02 Å². The van der Waals surface area contributed by atoms with Gasteiger partial charge in [0.05, 0.1) is 38.1 Å². The lowest BCUT2D eigenvalue weighted by Gasteiger charge is -2.12. The lowest BCUT2D eigenvalue weighted by molar-refractivity contribution is -0.122. The SMILES string of the molecule is COc1ccc(/C=N\N=C2\S/C(=C\c3ccc(Cl)cc3)C(=O)N2Cc2ccco2)cc1OC. The molecule has 1 aliphatic rings. The highest BCUT2D eigenvalue weighted by atomic mass is 35.5. The zero-order chi connectivity index (χ0) is 23.2. The first-order chi connectivity index (χ1) is 16.1. The number of methoxy groups -OCH3 is 2. The quantitative estimate of drug-likeness (QED) is 0.254. The van der Waals surface area contributed by atoms with Crippen molar-refractivity contribution >= 4 is 46.7 Å². The van der Waals surface area contributed by atoms with Gasteiger partial charge in [-0.25, -0.2) is 0 Å². The summed E-state index contributed by atoms with van der Waals surface area (Å²) >= 11 is 7.22. The smallest absolute Gasteiger partial charge is 0.267 e. The Labute approximate surface area is 200 Å². The van der Waals surface area contributed by atoms with Crippen LogP contribution in [0.1, 0.15) is 16.9 Å². The minimum absolute atomic E-state index is 0.175. The van der Waals surface area contributed by atoms with Crippen molar-refractivity contribution in [2.75, 3.05) is 14.2 Å². The number of hydrogen-bond donors (Lipinski definition) is 0. The number of rotatable bonds is 7. The van der Waals surface area contributed by atoms with E-state index in [0.717, 1.165) is 11.1 Å². The van der Waals surface area contributed by atoms with Crippen LogP contribution in [0.15, 0.2) is 80.4 Å². The molecular formula is C24H20ClN3O4S. The molecular weight excluding hydrogens is 462 g/mol. The van der Waals surface area contributed by atoms with Crippen LogP contribution < -0.4 is 9.47 Å². The van der Waals surface area contributed by atoms with E-state index in [-0.39, 0.29) is 12.5 Å². The van der Waals surface area contributed by atoms with E-state index in [2.05, 4.69) is 10.2 Å². The van der Waals surface area contributed by atoms with E-state index in [0.29, 0.717) is 32.4 Å². The number of carbonyl (C=O) groups is 1. The average molecular weight is 482 g/mol. The Morgan fingerprint density at radius 2 is 1.82 bits per heavy atom. The average Bonchev–Trinajstić information content (AvgIpc) is 3.44. The summed E-state index contributed by atoms with van der Waals surface area (Å²) in [7, 11) is 3.15. The second-order valence-corrected chi connectivity index (χ2v) is 8.32. The molecule has 9 heteroatoms. The number of hydrogen-bond acceptors (Lipinski definition) is 7. The topological polar surface area (TPSA) is 76.6 Å². The van der Waals surface area contributed by atoms with Crippen LogP contribution in [-0.2, 0) is 11.3 Å². The number of carbonyl (C=O) groups excluding carboxylic acids is 1. The standard InChI is InChI=1S/C24H20ClN3O4S/c1-30-20-10-7-17(12-21(20)31-2)14-26-27-24-28(15-19-4-3-11-32-19)23(29)22(33-24)13-16-5-8-18(25)9-6-16/h3-14H,15H2,1-2H3/b22-13-,26-14-,27-24+. The highest BCUT2D eigenvalue weighted by Crippen LogP contribution is 2.34. The fourth-order valence-electron chi connectivity index (χ4n) is 3.07. The van der Waals surface area contributed by atoms with Gasteiger partial charge in [-0.1, -0.05) is 23.7 Å². The van der Waals surface area contributed by atoms with Crippen LogP contribution in [0.5, 0.6) is 11.5 Å². The number of amidine groups is 1. The Bertz CT molecular complexity index is 1220. The number of halogens is 1. The molecule has 4 rings (SSSR count). The summed E-state index contributed by atoms with van der Waals surface area (Å²) in [6.45, 7) is 0.251. The molecule has 0 bridgehead atoms. The van der Waals surface area contributed by atoms with E-state index in [1.54, 1.807) is 63.1 Å². The molecule has 0 aliphatic carbocycles. The predicted molar refractivity (Wildman–Crippen MR) is 131 cm³/mol. The van der Waals surface area contributed by atoms with Crippen LogP contribution in [0.4, 0.5) is 0 Å². The molecule has 0 saturated carbocycles. The molecule has 1 amide bonds. The summed E-state index contributed by atoms with van der Waals surface area (Å²) in [6.07, 6.45) is 4.96. The molecule has 1 fully saturated rings. The molecule has 168 valence electrons. The second-order valence-electron chi connectivity index (χ2n) is 6.87. The monoisotopic (exact) mass is 481 g/mol. The van der Waals surface area contributed by atoms with E-state index in [1.165, 1.54) is 16.7 Å². The van der Waals surface area contributed by atoms with Crippen molar-refractivity contribution in [3.05, 3.63) is 87.7 Å². The van der Waals surface area contributed by atoms with Gasteiger partial charge in [0.2, 0.25) is 0 Å². The van der Waals surface area contributed by atoms with Gasteiger partial charge in [-0.2, -0.15) is 5.10 Å². The van der Waals surface area contributed by atoms with Crippen molar-refractivity contribution in [2.24, 2.45) is 10.2 Å². The lowest BCUT2D eigenvalue weighted by atomic mass is 10.2. The van der Waals surface area contributed by atoms with Crippen LogP contribution in [-0.4, -0.2) is 36.4 Å². The molecule has 1 saturated heterocycles. The van der Waals surface area contributed by atoms with Crippen molar-refractivity contribution in [1.82, 2.24) is 4.90 Å². The maximum atomic E-state index is 13.1. The predicted octanol–water partition coefficient (Wildman–Crippen LogP) is 5.46. The van der Waals surface area contributed by atoms with Crippen LogP contribution in [0.3, 0.4) is 0 Å². The van der Waals surface area contributed by atoms with Crippen molar-refractivity contribution < 1.29 is 18.7 Å². The molecule has 2 aromatic carbocycles. The fraction of sp³-hybridized carbons (Fsp3) is 0.125. The van der Waals surface area contributed by atoms with Crippen molar-refractivity contribution in [1.29, 1.82) is 0 Å². The summed E-state index contributed by atoms with van der Waals surface area (Å²) in [5.74, 6) is 1.69. The van der Waals surface area contributed by atoms with Gasteiger partial charge in [-0.15, -0.1) is 5.10 Å². The van der Waals surface area contributed by atoms with E-state index in [1.807, 2.05) is 24.3 Å². The number of thioether (sulfide) groups is 1. The van der Waals surface area contributed by atoms with Crippen molar-refractivity contribution in [3.8, 4) is 11.5 Å². The Balaban J connectivity index is 1.60. The molecule has 3 aromatic rings. The van der Waals surface area contributed by atoms with E-state index in [4.69, 9.17) is 25.5 Å². The minimum Gasteiger partial charge on any atom is -0.493 e. The van der Waals surface area contributed by atoms with Crippen LogP contribution in [0.25, 0.3) is 6.08 Å². The van der Waals surface area contributed by atoms with Gasteiger partial charge in [0.1, 0.15) is 5.76 Å². The Hall–Kier alpha value is -3.49.